The first-order chi connectivity index (χ1) is 7.49. The molecule has 0 aromatic carbocycles. The highest BCUT2D eigenvalue weighted by Gasteiger charge is 2.27. The number of esters is 2. The minimum absolute atomic E-state index is 0.0537. The fourth-order valence-corrected chi connectivity index (χ4v) is 1.13. The molecule has 0 radical (unpaired) electrons. The van der Waals surface area contributed by atoms with Crippen molar-refractivity contribution in [2.24, 2.45) is 0 Å². The van der Waals surface area contributed by atoms with Crippen LogP contribution < -0.4 is 0 Å². The first-order valence-electron chi connectivity index (χ1n) is 5.28. The Kier molecular flexibility index (Phi) is 3.93. The lowest BCUT2D eigenvalue weighted by Crippen LogP contribution is -2.27. The van der Waals surface area contributed by atoms with Crippen molar-refractivity contribution in [1.82, 2.24) is 0 Å². The molecule has 1 heterocycles. The molecule has 5 heteroatoms. The molecule has 0 saturated carbocycles. The zero-order chi connectivity index (χ0) is 12.2. The summed E-state index contributed by atoms with van der Waals surface area (Å²) in [4.78, 5) is 22.0. The number of carbonyl (C=O) groups excluding carboxylic acids is 2. The lowest BCUT2D eigenvalue weighted by atomic mass is 10.0. The Balaban J connectivity index is 2.72. The van der Waals surface area contributed by atoms with Crippen molar-refractivity contribution in [1.29, 1.82) is 0 Å². The predicted molar refractivity (Wildman–Crippen MR) is 55.0 cm³/mol. The lowest BCUT2D eigenvalue weighted by Gasteiger charge is -2.27. The number of rotatable bonds is 4. The van der Waals surface area contributed by atoms with E-state index in [0.29, 0.717) is 0 Å². The average Bonchev–Trinajstić information content (AvgIpc) is 2.39. The van der Waals surface area contributed by atoms with E-state index in [1.165, 1.54) is 0 Å². The molecule has 0 unspecified atom stereocenters. The largest absolute Gasteiger partial charge is 0.457 e. The second-order valence-electron chi connectivity index (χ2n) is 3.84. The zero-order valence-electron chi connectivity index (χ0n) is 9.74. The molecule has 0 aromatic rings. The lowest BCUT2D eigenvalue weighted by molar-refractivity contribution is -0.152. The van der Waals surface area contributed by atoms with Crippen LogP contribution in [0, 0.1) is 0 Å². The number of hydrogen-bond donors (Lipinski definition) is 0. The van der Waals surface area contributed by atoms with Gasteiger partial charge < -0.3 is 14.2 Å². The van der Waals surface area contributed by atoms with Gasteiger partial charge in [-0.15, -0.1) is 0 Å². The molecule has 0 aromatic heterocycles. The normalized spacial score (nSPS) is 17.1. The molecule has 0 atom stereocenters. The van der Waals surface area contributed by atoms with Gasteiger partial charge in [0.2, 0.25) is 0 Å². The SMILES string of the molecule is CCC(C)(CC)OC1=COC(=O)CC(=O)O1. The summed E-state index contributed by atoms with van der Waals surface area (Å²) in [6, 6.07) is 0. The highest BCUT2D eigenvalue weighted by atomic mass is 16.7. The van der Waals surface area contributed by atoms with Crippen LogP contribution >= 0.6 is 0 Å². The van der Waals surface area contributed by atoms with Gasteiger partial charge in [0, 0.05) is 0 Å². The highest BCUT2D eigenvalue weighted by molar-refractivity contribution is 5.92. The number of carbonyl (C=O) groups is 2. The van der Waals surface area contributed by atoms with E-state index in [-0.39, 0.29) is 5.95 Å². The summed E-state index contributed by atoms with van der Waals surface area (Å²) in [6.45, 7) is 5.83. The van der Waals surface area contributed by atoms with Crippen molar-refractivity contribution in [3.8, 4) is 0 Å². The maximum atomic E-state index is 11.1. The summed E-state index contributed by atoms with van der Waals surface area (Å²) in [7, 11) is 0. The fraction of sp³-hybridized carbons (Fsp3) is 0.636. The maximum Gasteiger partial charge on any atom is 0.325 e. The Bertz CT molecular complexity index is 314. The third kappa shape index (κ3) is 3.25. The van der Waals surface area contributed by atoms with Gasteiger partial charge in [0.15, 0.2) is 6.26 Å². The number of cyclic esters (lactones) is 2. The van der Waals surface area contributed by atoms with Crippen LogP contribution in [0.3, 0.4) is 0 Å². The van der Waals surface area contributed by atoms with Crippen LogP contribution in [-0.2, 0) is 23.8 Å². The molecule has 0 bridgehead atoms. The first-order valence-corrected chi connectivity index (χ1v) is 5.28. The second-order valence-corrected chi connectivity index (χ2v) is 3.84. The van der Waals surface area contributed by atoms with Gasteiger partial charge in [-0.3, -0.25) is 9.59 Å². The van der Waals surface area contributed by atoms with Crippen molar-refractivity contribution in [2.45, 2.75) is 45.6 Å². The van der Waals surface area contributed by atoms with Gasteiger partial charge in [0.05, 0.1) is 0 Å². The molecule has 0 saturated heterocycles. The monoisotopic (exact) mass is 228 g/mol. The zero-order valence-corrected chi connectivity index (χ0v) is 9.74. The first kappa shape index (κ1) is 12.5. The van der Waals surface area contributed by atoms with Gasteiger partial charge in [-0.25, -0.2) is 0 Å². The van der Waals surface area contributed by atoms with Gasteiger partial charge in [-0.2, -0.15) is 0 Å². The quantitative estimate of drug-likeness (QED) is 0.543. The third-order valence-corrected chi connectivity index (χ3v) is 2.63. The van der Waals surface area contributed by atoms with E-state index in [0.717, 1.165) is 19.1 Å². The third-order valence-electron chi connectivity index (χ3n) is 2.63. The van der Waals surface area contributed by atoms with E-state index in [1.807, 2.05) is 20.8 Å². The van der Waals surface area contributed by atoms with Gasteiger partial charge in [-0.1, -0.05) is 13.8 Å². The van der Waals surface area contributed by atoms with E-state index in [4.69, 9.17) is 9.47 Å². The molecule has 5 nitrogen and oxygen atoms in total. The Hall–Kier alpha value is -1.52. The maximum absolute atomic E-state index is 11.1. The molecule has 1 aliphatic rings. The fourth-order valence-electron chi connectivity index (χ4n) is 1.13. The minimum Gasteiger partial charge on any atom is -0.457 e. The van der Waals surface area contributed by atoms with E-state index in [9.17, 15) is 9.59 Å². The van der Waals surface area contributed by atoms with Crippen LogP contribution in [0.4, 0.5) is 0 Å². The summed E-state index contributed by atoms with van der Waals surface area (Å²) in [5.41, 5.74) is -0.428. The minimum atomic E-state index is -0.664. The van der Waals surface area contributed by atoms with Crippen molar-refractivity contribution in [3.63, 3.8) is 0 Å². The van der Waals surface area contributed by atoms with Gasteiger partial charge in [-0.05, 0) is 19.8 Å². The van der Waals surface area contributed by atoms with Crippen molar-refractivity contribution in [3.05, 3.63) is 12.2 Å². The number of hydrogen-bond acceptors (Lipinski definition) is 5. The van der Waals surface area contributed by atoms with E-state index in [1.54, 1.807) is 0 Å². The summed E-state index contributed by atoms with van der Waals surface area (Å²) < 4.78 is 15.0. The Morgan fingerprint density at radius 3 is 2.50 bits per heavy atom. The summed E-state index contributed by atoms with van der Waals surface area (Å²) in [5, 5.41) is 0. The highest BCUT2D eigenvalue weighted by Crippen LogP contribution is 2.24. The van der Waals surface area contributed by atoms with Crippen LogP contribution in [0.25, 0.3) is 0 Å². The van der Waals surface area contributed by atoms with Crippen LogP contribution in [0.5, 0.6) is 0 Å². The summed E-state index contributed by atoms with van der Waals surface area (Å²) in [5.74, 6) is -1.36. The molecule has 0 fully saturated rings. The van der Waals surface area contributed by atoms with Gasteiger partial charge >= 0.3 is 17.9 Å². The van der Waals surface area contributed by atoms with Gasteiger partial charge in [0.1, 0.15) is 12.0 Å². The Morgan fingerprint density at radius 1 is 1.31 bits per heavy atom. The van der Waals surface area contributed by atoms with Crippen LogP contribution in [0.2, 0.25) is 0 Å². The summed E-state index contributed by atoms with van der Waals surface area (Å²) in [6.07, 6.45) is 2.16. The summed E-state index contributed by atoms with van der Waals surface area (Å²) >= 11 is 0. The van der Waals surface area contributed by atoms with Crippen LogP contribution in [-0.4, -0.2) is 17.5 Å². The standard InChI is InChI=1S/C11H16O5/c1-4-11(3,5-2)16-10-7-14-8(12)6-9(13)15-10/h7H,4-6H2,1-3H3. The molecule has 1 aliphatic heterocycles. The predicted octanol–water partition coefficient (Wildman–Crippen LogP) is 1.87. The molecule has 16 heavy (non-hydrogen) atoms. The van der Waals surface area contributed by atoms with Crippen molar-refractivity contribution < 1.29 is 23.8 Å². The van der Waals surface area contributed by atoms with Crippen molar-refractivity contribution >= 4 is 11.9 Å². The van der Waals surface area contributed by atoms with E-state index >= 15 is 0 Å². The van der Waals surface area contributed by atoms with Crippen molar-refractivity contribution in [2.75, 3.05) is 0 Å². The molecule has 90 valence electrons. The Labute approximate surface area is 94.4 Å². The second kappa shape index (κ2) is 5.01. The molecular formula is C11H16O5. The average molecular weight is 228 g/mol. The van der Waals surface area contributed by atoms with E-state index in [2.05, 4.69) is 4.74 Å². The molecular weight excluding hydrogens is 212 g/mol. The molecule has 0 amide bonds. The van der Waals surface area contributed by atoms with Crippen LogP contribution in [0.1, 0.15) is 40.0 Å². The molecule has 1 rings (SSSR count). The smallest absolute Gasteiger partial charge is 0.325 e. The topological polar surface area (TPSA) is 61.8 Å². The molecule has 0 aliphatic carbocycles. The number of ether oxygens (including phenoxy) is 3. The molecule has 0 N–H and O–H groups in total. The Morgan fingerprint density at radius 2 is 1.94 bits per heavy atom. The van der Waals surface area contributed by atoms with Gasteiger partial charge in [0.25, 0.3) is 0 Å². The van der Waals surface area contributed by atoms with E-state index < -0.39 is 24.0 Å². The molecule has 0 spiro atoms. The van der Waals surface area contributed by atoms with Crippen LogP contribution in [0.15, 0.2) is 12.2 Å².